The van der Waals surface area contributed by atoms with Crippen molar-refractivity contribution in [2.45, 2.75) is 32.7 Å². The van der Waals surface area contributed by atoms with Crippen LogP contribution in [0.2, 0.25) is 0 Å². The van der Waals surface area contributed by atoms with Gasteiger partial charge in [0.15, 0.2) is 0 Å². The summed E-state index contributed by atoms with van der Waals surface area (Å²) in [4.78, 5) is 11.5. The van der Waals surface area contributed by atoms with Gasteiger partial charge in [-0.1, -0.05) is 31.5 Å². The maximum Gasteiger partial charge on any atom is 0.319 e. The summed E-state index contributed by atoms with van der Waals surface area (Å²) in [5.74, 6) is 0. The van der Waals surface area contributed by atoms with Crippen molar-refractivity contribution >= 4 is 11.7 Å². The van der Waals surface area contributed by atoms with Crippen molar-refractivity contribution < 1.29 is 4.79 Å². The van der Waals surface area contributed by atoms with Gasteiger partial charge in [0, 0.05) is 11.7 Å². The van der Waals surface area contributed by atoms with Gasteiger partial charge in [-0.3, -0.25) is 0 Å². The molecular weight excluding hydrogens is 188 g/mol. The van der Waals surface area contributed by atoms with Crippen LogP contribution < -0.4 is 10.6 Å². The van der Waals surface area contributed by atoms with Crippen LogP contribution >= 0.6 is 0 Å². The zero-order chi connectivity index (χ0) is 11.1. The van der Waals surface area contributed by atoms with Crippen LogP contribution in [0.15, 0.2) is 30.3 Å². The minimum Gasteiger partial charge on any atom is -0.335 e. The number of rotatable bonds is 4. The van der Waals surface area contributed by atoms with Crippen LogP contribution in [0.4, 0.5) is 10.5 Å². The summed E-state index contributed by atoms with van der Waals surface area (Å²) in [5.41, 5.74) is 0.818. The lowest BCUT2D eigenvalue weighted by atomic mass is 10.2. The molecular formula is C12H18N2O. The van der Waals surface area contributed by atoms with Crippen LogP contribution in [0.1, 0.15) is 26.7 Å². The van der Waals surface area contributed by atoms with Crippen LogP contribution in [0.3, 0.4) is 0 Å². The second kappa shape index (κ2) is 6.06. The van der Waals surface area contributed by atoms with Gasteiger partial charge in [-0.25, -0.2) is 4.79 Å². The van der Waals surface area contributed by atoms with E-state index in [0.29, 0.717) is 0 Å². The van der Waals surface area contributed by atoms with Crippen molar-refractivity contribution in [1.82, 2.24) is 5.32 Å². The standard InChI is InChI=1S/C12H18N2O/c1-3-7-10(2)13-12(15)14-11-8-5-4-6-9-11/h4-6,8-10H,3,7H2,1-2H3,(H2,13,14,15)/t10-/m1/s1. The second-order valence-electron chi connectivity index (χ2n) is 3.65. The molecule has 0 aliphatic heterocycles. The van der Waals surface area contributed by atoms with Crippen molar-refractivity contribution in [2.24, 2.45) is 0 Å². The lowest BCUT2D eigenvalue weighted by Gasteiger charge is -2.13. The summed E-state index contributed by atoms with van der Waals surface area (Å²) in [6.45, 7) is 4.11. The highest BCUT2D eigenvalue weighted by atomic mass is 16.2. The Bertz CT molecular complexity index is 298. The quantitative estimate of drug-likeness (QED) is 0.781. The van der Waals surface area contributed by atoms with Gasteiger partial charge < -0.3 is 10.6 Å². The summed E-state index contributed by atoms with van der Waals surface area (Å²) < 4.78 is 0. The Morgan fingerprint density at radius 2 is 2.00 bits per heavy atom. The van der Waals surface area contributed by atoms with Crippen LogP contribution in [-0.4, -0.2) is 12.1 Å². The number of hydrogen-bond acceptors (Lipinski definition) is 1. The average Bonchev–Trinajstić information content (AvgIpc) is 2.19. The molecule has 0 spiro atoms. The predicted octanol–water partition coefficient (Wildman–Crippen LogP) is 3.00. The molecule has 0 saturated carbocycles. The van der Waals surface area contributed by atoms with E-state index >= 15 is 0 Å². The molecule has 0 aromatic heterocycles. The van der Waals surface area contributed by atoms with Crippen LogP contribution in [0.25, 0.3) is 0 Å². The highest BCUT2D eigenvalue weighted by molar-refractivity contribution is 5.89. The first-order valence-corrected chi connectivity index (χ1v) is 5.35. The normalized spacial score (nSPS) is 11.9. The Morgan fingerprint density at radius 3 is 2.60 bits per heavy atom. The topological polar surface area (TPSA) is 41.1 Å². The van der Waals surface area contributed by atoms with Gasteiger partial charge in [0.1, 0.15) is 0 Å². The zero-order valence-corrected chi connectivity index (χ0v) is 9.29. The highest BCUT2D eigenvalue weighted by Gasteiger charge is 2.05. The predicted molar refractivity (Wildman–Crippen MR) is 63.0 cm³/mol. The van der Waals surface area contributed by atoms with E-state index in [1.165, 1.54) is 0 Å². The number of carbonyl (C=O) groups is 1. The van der Waals surface area contributed by atoms with E-state index in [0.717, 1.165) is 18.5 Å². The van der Waals surface area contributed by atoms with E-state index in [1.807, 2.05) is 37.3 Å². The van der Waals surface area contributed by atoms with E-state index in [1.54, 1.807) is 0 Å². The van der Waals surface area contributed by atoms with E-state index < -0.39 is 0 Å². The SMILES string of the molecule is CCC[C@@H](C)NC(=O)Nc1ccccc1. The molecule has 1 aromatic rings. The van der Waals surface area contributed by atoms with Crippen LogP contribution in [0, 0.1) is 0 Å². The molecule has 2 amide bonds. The molecule has 0 aliphatic carbocycles. The fourth-order valence-electron chi connectivity index (χ4n) is 1.42. The molecule has 2 N–H and O–H groups in total. The third-order valence-corrected chi connectivity index (χ3v) is 2.13. The third-order valence-electron chi connectivity index (χ3n) is 2.13. The van der Waals surface area contributed by atoms with Gasteiger partial charge in [-0.15, -0.1) is 0 Å². The first-order chi connectivity index (χ1) is 7.22. The van der Waals surface area contributed by atoms with Crippen molar-refractivity contribution in [3.8, 4) is 0 Å². The lowest BCUT2D eigenvalue weighted by molar-refractivity contribution is 0.248. The van der Waals surface area contributed by atoms with E-state index in [-0.39, 0.29) is 12.1 Å². The molecule has 82 valence electrons. The molecule has 15 heavy (non-hydrogen) atoms. The smallest absolute Gasteiger partial charge is 0.319 e. The average molecular weight is 206 g/mol. The summed E-state index contributed by atoms with van der Waals surface area (Å²) >= 11 is 0. The number of carbonyl (C=O) groups excluding carboxylic acids is 1. The number of hydrogen-bond donors (Lipinski definition) is 2. The van der Waals surface area contributed by atoms with Crippen molar-refractivity contribution in [3.05, 3.63) is 30.3 Å². The van der Waals surface area contributed by atoms with Gasteiger partial charge in [-0.05, 0) is 25.5 Å². The largest absolute Gasteiger partial charge is 0.335 e. The lowest BCUT2D eigenvalue weighted by Crippen LogP contribution is -2.35. The molecule has 3 nitrogen and oxygen atoms in total. The number of para-hydroxylation sites is 1. The first kappa shape index (κ1) is 11.6. The molecule has 0 heterocycles. The fourth-order valence-corrected chi connectivity index (χ4v) is 1.42. The number of urea groups is 1. The van der Waals surface area contributed by atoms with Crippen molar-refractivity contribution in [2.75, 3.05) is 5.32 Å². The Labute approximate surface area is 90.9 Å². The van der Waals surface area contributed by atoms with Gasteiger partial charge in [0.25, 0.3) is 0 Å². The Balaban J connectivity index is 2.36. The Hall–Kier alpha value is -1.51. The van der Waals surface area contributed by atoms with E-state index in [9.17, 15) is 4.79 Å². The minimum absolute atomic E-state index is 0.137. The monoisotopic (exact) mass is 206 g/mol. The van der Waals surface area contributed by atoms with Crippen LogP contribution in [-0.2, 0) is 0 Å². The Kier molecular flexibility index (Phi) is 4.68. The van der Waals surface area contributed by atoms with Crippen LogP contribution in [0.5, 0.6) is 0 Å². The molecule has 0 saturated heterocycles. The molecule has 0 bridgehead atoms. The number of benzene rings is 1. The maximum absolute atomic E-state index is 11.5. The molecule has 0 radical (unpaired) electrons. The first-order valence-electron chi connectivity index (χ1n) is 5.35. The molecule has 3 heteroatoms. The number of nitrogens with one attached hydrogen (secondary N) is 2. The molecule has 0 fully saturated rings. The van der Waals surface area contributed by atoms with Gasteiger partial charge >= 0.3 is 6.03 Å². The number of anilines is 1. The molecule has 0 aliphatic rings. The molecule has 1 aromatic carbocycles. The van der Waals surface area contributed by atoms with Gasteiger partial charge in [0.2, 0.25) is 0 Å². The second-order valence-corrected chi connectivity index (χ2v) is 3.65. The summed E-state index contributed by atoms with van der Waals surface area (Å²) in [6.07, 6.45) is 2.08. The molecule has 1 atom stereocenters. The molecule has 0 unspecified atom stereocenters. The van der Waals surface area contributed by atoms with Crippen molar-refractivity contribution in [3.63, 3.8) is 0 Å². The highest BCUT2D eigenvalue weighted by Crippen LogP contribution is 2.04. The van der Waals surface area contributed by atoms with Gasteiger partial charge in [0.05, 0.1) is 0 Å². The third kappa shape index (κ3) is 4.49. The fraction of sp³-hybridized carbons (Fsp3) is 0.417. The maximum atomic E-state index is 11.5. The zero-order valence-electron chi connectivity index (χ0n) is 9.29. The van der Waals surface area contributed by atoms with E-state index in [2.05, 4.69) is 17.6 Å². The van der Waals surface area contributed by atoms with Crippen molar-refractivity contribution in [1.29, 1.82) is 0 Å². The Morgan fingerprint density at radius 1 is 1.33 bits per heavy atom. The van der Waals surface area contributed by atoms with E-state index in [4.69, 9.17) is 0 Å². The van der Waals surface area contributed by atoms with Gasteiger partial charge in [-0.2, -0.15) is 0 Å². The summed E-state index contributed by atoms with van der Waals surface area (Å²) in [5, 5.41) is 5.66. The molecule has 1 rings (SSSR count). The summed E-state index contributed by atoms with van der Waals surface area (Å²) in [6, 6.07) is 9.52. The number of amides is 2. The summed E-state index contributed by atoms with van der Waals surface area (Å²) in [7, 11) is 0. The minimum atomic E-state index is -0.137.